The van der Waals surface area contributed by atoms with E-state index >= 15 is 0 Å². The van der Waals surface area contributed by atoms with E-state index in [4.69, 9.17) is 5.11 Å². The van der Waals surface area contributed by atoms with Crippen LogP contribution in [0.1, 0.15) is 32.6 Å². The number of nitrogens with zero attached hydrogens (tertiary/aromatic N) is 2. The van der Waals surface area contributed by atoms with Crippen LogP contribution >= 0.6 is 0 Å². The number of piperidine rings is 1. The van der Waals surface area contributed by atoms with Gasteiger partial charge in [-0.15, -0.1) is 0 Å². The lowest BCUT2D eigenvalue weighted by atomic mass is 9.96. The second kappa shape index (κ2) is 5.77. The van der Waals surface area contributed by atoms with Crippen molar-refractivity contribution in [3.05, 3.63) is 0 Å². The Balaban J connectivity index is 1.96. The standard InChI is InChI=1S/C13H22N2O4/c1-9-4-6-14(8-11(9)16)13(19)15-5-2-3-10(15)7-12(17)18/h9-11,16H,2-8H2,1H3,(H,17,18). The van der Waals surface area contributed by atoms with Gasteiger partial charge in [-0.3, -0.25) is 4.79 Å². The van der Waals surface area contributed by atoms with Gasteiger partial charge in [-0.1, -0.05) is 6.92 Å². The topological polar surface area (TPSA) is 81.1 Å². The monoisotopic (exact) mass is 270 g/mol. The van der Waals surface area contributed by atoms with E-state index in [0.717, 1.165) is 19.3 Å². The Bertz CT molecular complexity index is 361. The third-order valence-corrected chi connectivity index (χ3v) is 4.22. The fraction of sp³-hybridized carbons (Fsp3) is 0.846. The first-order valence-electron chi connectivity index (χ1n) is 6.94. The first-order valence-corrected chi connectivity index (χ1v) is 6.94. The fourth-order valence-electron chi connectivity index (χ4n) is 2.91. The third-order valence-electron chi connectivity index (χ3n) is 4.22. The number of aliphatic carboxylic acids is 1. The number of carbonyl (C=O) groups excluding carboxylic acids is 1. The normalized spacial score (nSPS) is 31.6. The Morgan fingerprint density at radius 1 is 1.26 bits per heavy atom. The van der Waals surface area contributed by atoms with Gasteiger partial charge in [0.25, 0.3) is 0 Å². The summed E-state index contributed by atoms with van der Waals surface area (Å²) < 4.78 is 0. The molecule has 6 nitrogen and oxygen atoms in total. The lowest BCUT2D eigenvalue weighted by molar-refractivity contribution is -0.138. The molecule has 108 valence electrons. The van der Waals surface area contributed by atoms with E-state index < -0.39 is 12.1 Å². The average molecular weight is 270 g/mol. The van der Waals surface area contributed by atoms with Gasteiger partial charge in [-0.05, 0) is 25.2 Å². The maximum atomic E-state index is 12.4. The van der Waals surface area contributed by atoms with Gasteiger partial charge in [0.2, 0.25) is 0 Å². The molecule has 3 atom stereocenters. The maximum absolute atomic E-state index is 12.4. The number of urea groups is 1. The van der Waals surface area contributed by atoms with E-state index in [9.17, 15) is 14.7 Å². The minimum absolute atomic E-state index is 0.0124. The van der Waals surface area contributed by atoms with Crippen molar-refractivity contribution in [2.75, 3.05) is 19.6 Å². The van der Waals surface area contributed by atoms with Crippen LogP contribution in [0.4, 0.5) is 4.79 Å². The maximum Gasteiger partial charge on any atom is 0.320 e. The van der Waals surface area contributed by atoms with E-state index in [0.29, 0.717) is 19.6 Å². The molecule has 3 unspecified atom stereocenters. The van der Waals surface area contributed by atoms with Crippen LogP contribution in [-0.2, 0) is 4.79 Å². The van der Waals surface area contributed by atoms with Crippen molar-refractivity contribution in [2.45, 2.75) is 44.8 Å². The Kier molecular flexibility index (Phi) is 4.29. The van der Waals surface area contributed by atoms with Crippen LogP contribution < -0.4 is 0 Å². The molecule has 19 heavy (non-hydrogen) atoms. The quantitative estimate of drug-likeness (QED) is 0.776. The van der Waals surface area contributed by atoms with Crippen LogP contribution in [0.15, 0.2) is 0 Å². The SMILES string of the molecule is CC1CCN(C(=O)N2CCCC2CC(=O)O)CC1O. The molecule has 2 aliphatic heterocycles. The lowest BCUT2D eigenvalue weighted by Gasteiger charge is -2.37. The van der Waals surface area contributed by atoms with Gasteiger partial charge in [0, 0.05) is 25.7 Å². The summed E-state index contributed by atoms with van der Waals surface area (Å²) in [5.41, 5.74) is 0. The van der Waals surface area contributed by atoms with Crippen molar-refractivity contribution >= 4 is 12.0 Å². The van der Waals surface area contributed by atoms with E-state index in [1.807, 2.05) is 6.92 Å². The van der Waals surface area contributed by atoms with Gasteiger partial charge >= 0.3 is 12.0 Å². The first kappa shape index (κ1) is 14.1. The molecule has 0 aromatic rings. The highest BCUT2D eigenvalue weighted by molar-refractivity contribution is 5.76. The number of carboxylic acid groups (broad SMARTS) is 1. The second-order valence-electron chi connectivity index (χ2n) is 5.65. The van der Waals surface area contributed by atoms with Gasteiger partial charge in [0.05, 0.1) is 12.5 Å². The highest BCUT2D eigenvalue weighted by Crippen LogP contribution is 2.24. The number of carbonyl (C=O) groups is 2. The molecule has 0 bridgehead atoms. The predicted octanol–water partition coefficient (Wildman–Crippen LogP) is 0.748. The van der Waals surface area contributed by atoms with Crippen molar-refractivity contribution in [3.8, 4) is 0 Å². The summed E-state index contributed by atoms with van der Waals surface area (Å²) in [7, 11) is 0. The van der Waals surface area contributed by atoms with Gasteiger partial charge in [0.1, 0.15) is 0 Å². The zero-order valence-corrected chi connectivity index (χ0v) is 11.3. The lowest BCUT2D eigenvalue weighted by Crippen LogP contribution is -2.52. The number of likely N-dealkylation sites (tertiary alicyclic amines) is 2. The number of rotatable bonds is 2. The van der Waals surface area contributed by atoms with Crippen molar-refractivity contribution in [1.82, 2.24) is 9.80 Å². The molecule has 2 amide bonds. The molecule has 0 saturated carbocycles. The molecule has 6 heteroatoms. The smallest absolute Gasteiger partial charge is 0.320 e. The molecule has 2 saturated heterocycles. The largest absolute Gasteiger partial charge is 0.481 e. The van der Waals surface area contributed by atoms with Crippen LogP contribution in [0.25, 0.3) is 0 Å². The molecule has 2 heterocycles. The number of hydrogen-bond donors (Lipinski definition) is 2. The van der Waals surface area contributed by atoms with E-state index in [-0.39, 0.29) is 24.4 Å². The van der Waals surface area contributed by atoms with Crippen molar-refractivity contribution in [1.29, 1.82) is 0 Å². The van der Waals surface area contributed by atoms with E-state index in [1.165, 1.54) is 0 Å². The Morgan fingerprint density at radius 2 is 2.00 bits per heavy atom. The number of β-amino-alcohol motifs (C(OH)–C–C–N with tert-alkyl or cyclic N) is 1. The molecular weight excluding hydrogens is 248 g/mol. The zero-order chi connectivity index (χ0) is 14.0. The summed E-state index contributed by atoms with van der Waals surface area (Å²) in [6.45, 7) is 3.61. The highest BCUT2D eigenvalue weighted by Gasteiger charge is 2.35. The molecule has 0 aromatic carbocycles. The second-order valence-corrected chi connectivity index (χ2v) is 5.65. The first-order chi connectivity index (χ1) is 8.99. The number of aliphatic hydroxyl groups is 1. The van der Waals surface area contributed by atoms with Gasteiger partial charge < -0.3 is 20.0 Å². The minimum Gasteiger partial charge on any atom is -0.481 e. The van der Waals surface area contributed by atoms with Gasteiger partial charge in [-0.25, -0.2) is 4.79 Å². The van der Waals surface area contributed by atoms with Gasteiger partial charge in [0.15, 0.2) is 0 Å². The molecule has 0 aromatic heterocycles. The van der Waals surface area contributed by atoms with Crippen LogP contribution in [0.3, 0.4) is 0 Å². The van der Waals surface area contributed by atoms with E-state index in [1.54, 1.807) is 9.80 Å². The fourth-order valence-corrected chi connectivity index (χ4v) is 2.91. The van der Waals surface area contributed by atoms with Crippen LogP contribution in [-0.4, -0.2) is 63.8 Å². The number of hydrogen-bond acceptors (Lipinski definition) is 3. The average Bonchev–Trinajstić information content (AvgIpc) is 2.79. The van der Waals surface area contributed by atoms with Crippen LogP contribution in [0, 0.1) is 5.92 Å². The number of aliphatic hydroxyl groups excluding tert-OH is 1. The molecule has 0 radical (unpaired) electrons. The molecule has 2 fully saturated rings. The third kappa shape index (κ3) is 3.18. The predicted molar refractivity (Wildman–Crippen MR) is 68.7 cm³/mol. The van der Waals surface area contributed by atoms with Crippen LogP contribution in [0.5, 0.6) is 0 Å². The summed E-state index contributed by atoms with van der Waals surface area (Å²) in [5, 5.41) is 18.7. The van der Waals surface area contributed by atoms with Gasteiger partial charge in [-0.2, -0.15) is 0 Å². The Labute approximate surface area is 113 Å². The molecule has 2 rings (SSSR count). The number of amides is 2. The summed E-state index contributed by atoms with van der Waals surface area (Å²) >= 11 is 0. The molecule has 0 aliphatic carbocycles. The number of carboxylic acids is 1. The summed E-state index contributed by atoms with van der Waals surface area (Å²) in [6.07, 6.45) is 1.95. The summed E-state index contributed by atoms with van der Waals surface area (Å²) in [4.78, 5) is 26.5. The molecule has 0 spiro atoms. The summed E-state index contributed by atoms with van der Waals surface area (Å²) in [6, 6.07) is -0.309. The minimum atomic E-state index is -0.864. The highest BCUT2D eigenvalue weighted by atomic mass is 16.4. The molecule has 2 N–H and O–H groups in total. The summed E-state index contributed by atoms with van der Waals surface area (Å²) in [5.74, 6) is -0.644. The van der Waals surface area contributed by atoms with Crippen molar-refractivity contribution in [3.63, 3.8) is 0 Å². The Hall–Kier alpha value is -1.30. The zero-order valence-electron chi connectivity index (χ0n) is 11.3. The van der Waals surface area contributed by atoms with Crippen molar-refractivity contribution < 1.29 is 19.8 Å². The Morgan fingerprint density at radius 3 is 2.63 bits per heavy atom. The molecular formula is C13H22N2O4. The molecule has 2 aliphatic rings. The van der Waals surface area contributed by atoms with Crippen LogP contribution in [0.2, 0.25) is 0 Å². The van der Waals surface area contributed by atoms with Crippen molar-refractivity contribution in [2.24, 2.45) is 5.92 Å². The van der Waals surface area contributed by atoms with E-state index in [2.05, 4.69) is 0 Å².